The maximum atomic E-state index is 6.25. The van der Waals surface area contributed by atoms with Gasteiger partial charge >= 0.3 is 0 Å². The predicted octanol–water partition coefficient (Wildman–Crippen LogP) is 5.20. The van der Waals surface area contributed by atoms with Gasteiger partial charge in [-0.15, -0.1) is 11.3 Å². The van der Waals surface area contributed by atoms with E-state index in [0.29, 0.717) is 15.2 Å². The van der Waals surface area contributed by atoms with E-state index in [4.69, 9.17) is 34.8 Å². The van der Waals surface area contributed by atoms with Crippen LogP contribution < -0.4 is 10.2 Å². The smallest absolute Gasteiger partial charge is 0.147 e. The maximum Gasteiger partial charge on any atom is 0.147 e. The fraction of sp³-hybridized carbons (Fsp3) is 0.222. The number of nitrogens with zero attached hydrogens (tertiary/aromatic N) is 5. The molecule has 0 unspecified atom stereocenters. The molecule has 0 atom stereocenters. The van der Waals surface area contributed by atoms with Gasteiger partial charge in [0, 0.05) is 36.9 Å². The first-order valence-electron chi connectivity index (χ1n) is 8.52. The molecule has 1 saturated heterocycles. The van der Waals surface area contributed by atoms with E-state index < -0.39 is 0 Å². The molecule has 6 nitrogen and oxygen atoms in total. The number of rotatable bonds is 3. The van der Waals surface area contributed by atoms with Gasteiger partial charge < -0.3 is 10.2 Å². The number of halogens is 3. The van der Waals surface area contributed by atoms with Gasteiger partial charge in [0.25, 0.3) is 0 Å². The molecule has 10 heteroatoms. The second-order valence-electron chi connectivity index (χ2n) is 6.62. The third-order valence-electron chi connectivity index (χ3n) is 4.85. The molecule has 0 aromatic carbocycles. The Labute approximate surface area is 179 Å². The Morgan fingerprint density at radius 3 is 2.68 bits per heavy atom. The molecule has 5 heterocycles. The number of anilines is 2. The number of aromatic nitrogens is 4. The fourth-order valence-corrected chi connectivity index (χ4v) is 5.00. The van der Waals surface area contributed by atoms with Crippen LogP contribution in [0.3, 0.4) is 0 Å². The fourth-order valence-electron chi connectivity index (χ4n) is 3.37. The number of aryl methyl sites for hydroxylation is 1. The third-order valence-corrected chi connectivity index (χ3v) is 6.82. The molecule has 0 bridgehead atoms. The van der Waals surface area contributed by atoms with E-state index in [1.807, 2.05) is 6.92 Å². The molecule has 0 spiro atoms. The molecule has 142 valence electrons. The number of pyridine rings is 2. The summed E-state index contributed by atoms with van der Waals surface area (Å²) in [6.45, 7) is 3.57. The number of nitrogens with one attached hydrogen (secondary N) is 1. The van der Waals surface area contributed by atoms with Gasteiger partial charge in [-0.1, -0.05) is 34.8 Å². The molecular weight excluding hydrogens is 439 g/mol. The number of hydrogen-bond acceptors (Lipinski definition) is 7. The van der Waals surface area contributed by atoms with Crippen molar-refractivity contribution in [1.29, 1.82) is 0 Å². The van der Waals surface area contributed by atoms with Crippen molar-refractivity contribution < 1.29 is 0 Å². The summed E-state index contributed by atoms with van der Waals surface area (Å²) in [5, 5.41) is 6.17. The molecule has 0 aliphatic carbocycles. The van der Waals surface area contributed by atoms with Crippen molar-refractivity contribution in [2.24, 2.45) is 0 Å². The van der Waals surface area contributed by atoms with Crippen LogP contribution in [0.1, 0.15) is 5.56 Å². The molecule has 5 rings (SSSR count). The van der Waals surface area contributed by atoms with Crippen molar-refractivity contribution in [3.05, 3.63) is 45.5 Å². The molecule has 1 aliphatic heterocycles. The van der Waals surface area contributed by atoms with E-state index in [9.17, 15) is 0 Å². The summed E-state index contributed by atoms with van der Waals surface area (Å²) < 4.78 is 0.985. The van der Waals surface area contributed by atoms with Crippen LogP contribution in [0.5, 0.6) is 0 Å². The van der Waals surface area contributed by atoms with E-state index >= 15 is 0 Å². The molecular formula is C18H13Cl3N6S. The SMILES string of the molecule is Cc1c(Cl)cnc2sc3c(NC4CN(c5cc(Cl)ncc5Cl)C4)ncnc3c12. The zero-order valence-electron chi connectivity index (χ0n) is 14.6. The Kier molecular flexibility index (Phi) is 4.43. The number of fused-ring (bicyclic) bond motifs is 3. The van der Waals surface area contributed by atoms with Gasteiger partial charge in [0.05, 0.1) is 32.0 Å². The Morgan fingerprint density at radius 1 is 1.07 bits per heavy atom. The largest absolute Gasteiger partial charge is 0.366 e. The second kappa shape index (κ2) is 6.84. The van der Waals surface area contributed by atoms with Crippen LogP contribution in [0.25, 0.3) is 20.4 Å². The quantitative estimate of drug-likeness (QED) is 0.432. The zero-order chi connectivity index (χ0) is 19.4. The lowest BCUT2D eigenvalue weighted by atomic mass is 10.1. The van der Waals surface area contributed by atoms with Gasteiger partial charge in [-0.3, -0.25) is 0 Å². The molecule has 1 fully saturated rings. The minimum Gasteiger partial charge on any atom is -0.366 e. The van der Waals surface area contributed by atoms with Crippen molar-refractivity contribution in [2.45, 2.75) is 13.0 Å². The standard InChI is InChI=1S/C18H13Cl3N6S/c1-8-10(19)3-23-18-14(8)15-16(28-18)17(25-7-24-15)26-9-5-27(6-9)12-2-13(21)22-4-11(12)20/h2-4,7,9H,5-6H2,1H3,(H,24,25,26). The van der Waals surface area contributed by atoms with Crippen molar-refractivity contribution in [2.75, 3.05) is 23.3 Å². The molecule has 0 amide bonds. The topological polar surface area (TPSA) is 66.8 Å². The first-order valence-corrected chi connectivity index (χ1v) is 10.5. The summed E-state index contributed by atoms with van der Waals surface area (Å²) in [4.78, 5) is 20.4. The van der Waals surface area contributed by atoms with Crippen LogP contribution in [0.2, 0.25) is 15.2 Å². The van der Waals surface area contributed by atoms with E-state index in [-0.39, 0.29) is 6.04 Å². The first-order chi connectivity index (χ1) is 13.5. The van der Waals surface area contributed by atoms with Gasteiger partial charge in [0.1, 0.15) is 22.1 Å². The molecule has 1 N–H and O–H groups in total. The summed E-state index contributed by atoms with van der Waals surface area (Å²) in [6.07, 6.45) is 4.83. The normalized spacial score (nSPS) is 14.6. The molecule has 4 aromatic heterocycles. The summed E-state index contributed by atoms with van der Waals surface area (Å²) in [7, 11) is 0. The van der Waals surface area contributed by atoms with E-state index in [1.54, 1.807) is 36.1 Å². The summed E-state index contributed by atoms with van der Waals surface area (Å²) in [6, 6.07) is 2.02. The van der Waals surface area contributed by atoms with Gasteiger partial charge in [-0.05, 0) is 12.5 Å². The van der Waals surface area contributed by atoms with Crippen molar-refractivity contribution in [3.63, 3.8) is 0 Å². The van der Waals surface area contributed by atoms with E-state index in [0.717, 1.165) is 50.6 Å². The Balaban J connectivity index is 1.42. The number of thiophene rings is 1. The highest BCUT2D eigenvalue weighted by Crippen LogP contribution is 2.39. The Hall–Kier alpha value is -1.93. The van der Waals surface area contributed by atoms with Crippen LogP contribution in [0, 0.1) is 6.92 Å². The minimum absolute atomic E-state index is 0.240. The van der Waals surface area contributed by atoms with Crippen molar-refractivity contribution in [3.8, 4) is 0 Å². The average molecular weight is 452 g/mol. The lowest BCUT2D eigenvalue weighted by molar-refractivity contribution is 0.549. The average Bonchev–Trinajstić information content (AvgIpc) is 3.03. The summed E-state index contributed by atoms with van der Waals surface area (Å²) >= 11 is 20.1. The third kappa shape index (κ3) is 2.93. The Bertz CT molecular complexity index is 1220. The minimum atomic E-state index is 0.240. The van der Waals surface area contributed by atoms with Crippen molar-refractivity contribution in [1.82, 2.24) is 19.9 Å². The van der Waals surface area contributed by atoms with Gasteiger partial charge in [0.15, 0.2) is 0 Å². The van der Waals surface area contributed by atoms with Crippen LogP contribution in [0.4, 0.5) is 11.5 Å². The molecule has 1 aliphatic rings. The first kappa shape index (κ1) is 18.1. The monoisotopic (exact) mass is 450 g/mol. The second-order valence-corrected chi connectivity index (χ2v) is 8.82. The highest BCUT2D eigenvalue weighted by atomic mass is 35.5. The summed E-state index contributed by atoms with van der Waals surface area (Å²) in [5.74, 6) is 0.812. The van der Waals surface area contributed by atoms with Gasteiger partial charge in [-0.25, -0.2) is 19.9 Å². The molecule has 4 aromatic rings. The van der Waals surface area contributed by atoms with Crippen LogP contribution in [0.15, 0.2) is 24.8 Å². The van der Waals surface area contributed by atoms with Crippen LogP contribution in [-0.4, -0.2) is 39.1 Å². The maximum absolute atomic E-state index is 6.25. The summed E-state index contributed by atoms with van der Waals surface area (Å²) in [5.41, 5.74) is 2.76. The molecule has 0 radical (unpaired) electrons. The Morgan fingerprint density at radius 2 is 1.86 bits per heavy atom. The van der Waals surface area contributed by atoms with Crippen molar-refractivity contribution >= 4 is 78.1 Å². The van der Waals surface area contributed by atoms with E-state index in [1.165, 1.54) is 0 Å². The van der Waals surface area contributed by atoms with Gasteiger partial charge in [0.2, 0.25) is 0 Å². The highest BCUT2D eigenvalue weighted by Gasteiger charge is 2.29. The van der Waals surface area contributed by atoms with E-state index in [2.05, 4.69) is 30.2 Å². The zero-order valence-corrected chi connectivity index (χ0v) is 17.7. The highest BCUT2D eigenvalue weighted by molar-refractivity contribution is 7.26. The predicted molar refractivity (Wildman–Crippen MR) is 116 cm³/mol. The van der Waals surface area contributed by atoms with Crippen LogP contribution in [-0.2, 0) is 0 Å². The molecule has 28 heavy (non-hydrogen) atoms. The van der Waals surface area contributed by atoms with Gasteiger partial charge in [-0.2, -0.15) is 0 Å². The number of hydrogen-bond donors (Lipinski definition) is 1. The molecule has 0 saturated carbocycles. The lowest BCUT2D eigenvalue weighted by Crippen LogP contribution is -2.55. The van der Waals surface area contributed by atoms with Crippen LogP contribution >= 0.6 is 46.1 Å². The lowest BCUT2D eigenvalue weighted by Gasteiger charge is -2.41.